The van der Waals surface area contributed by atoms with E-state index in [-0.39, 0.29) is 0 Å². The average molecular weight is 279 g/mol. The Morgan fingerprint density at radius 3 is 2.10 bits per heavy atom. The van der Waals surface area contributed by atoms with Crippen LogP contribution in [0.2, 0.25) is 0 Å². The molecule has 1 saturated carbocycles. The van der Waals surface area contributed by atoms with Crippen LogP contribution in [0.4, 0.5) is 0 Å². The Hall–Kier alpha value is -0.120. The predicted molar refractivity (Wildman–Crippen MR) is 84.2 cm³/mol. The molecule has 2 heterocycles. The number of rotatable bonds is 2. The van der Waals surface area contributed by atoms with Crippen molar-refractivity contribution in [3.8, 4) is 0 Å². The van der Waals surface area contributed by atoms with Crippen LogP contribution in [0.25, 0.3) is 0 Å². The second-order valence-electron chi connectivity index (χ2n) is 7.96. The van der Waals surface area contributed by atoms with Crippen molar-refractivity contribution in [3.63, 3.8) is 0 Å². The second-order valence-corrected chi connectivity index (χ2v) is 7.96. The lowest BCUT2D eigenvalue weighted by molar-refractivity contribution is 0.0413. The number of piperidine rings is 2. The van der Waals surface area contributed by atoms with Gasteiger partial charge in [-0.15, -0.1) is 0 Å². The molecule has 0 radical (unpaired) electrons. The molecule has 0 aromatic rings. The van der Waals surface area contributed by atoms with Crippen molar-refractivity contribution in [3.05, 3.63) is 0 Å². The molecule has 2 aliphatic heterocycles. The molecular weight excluding hydrogens is 246 g/mol. The Morgan fingerprint density at radius 2 is 1.50 bits per heavy atom. The van der Waals surface area contributed by atoms with Crippen molar-refractivity contribution in [2.45, 2.75) is 58.3 Å². The second kappa shape index (κ2) is 6.33. The summed E-state index contributed by atoms with van der Waals surface area (Å²) in [4.78, 5) is 2.74. The lowest BCUT2D eigenvalue weighted by atomic mass is 9.65. The lowest BCUT2D eigenvalue weighted by Gasteiger charge is -2.46. The molecule has 20 heavy (non-hydrogen) atoms. The number of hydrazine groups is 1. The molecule has 1 spiro atoms. The summed E-state index contributed by atoms with van der Waals surface area (Å²) < 4.78 is 0. The van der Waals surface area contributed by atoms with E-state index in [2.05, 4.69) is 11.8 Å². The third-order valence-electron chi connectivity index (χ3n) is 6.42. The summed E-state index contributed by atoms with van der Waals surface area (Å²) in [5.74, 6) is 7.85. The van der Waals surface area contributed by atoms with E-state index in [0.29, 0.717) is 5.41 Å². The van der Waals surface area contributed by atoms with Crippen LogP contribution in [-0.2, 0) is 0 Å². The first-order valence-corrected chi connectivity index (χ1v) is 8.87. The summed E-state index contributed by atoms with van der Waals surface area (Å²) in [6.45, 7) is 8.73. The van der Waals surface area contributed by atoms with Gasteiger partial charge in [-0.05, 0) is 81.7 Å². The first-order valence-electron chi connectivity index (χ1n) is 8.87. The Kier molecular flexibility index (Phi) is 4.68. The zero-order valence-electron chi connectivity index (χ0n) is 13.3. The SMILES string of the molecule is CC1CCN(CC2CCC3(CC2)CCN(N)CC3)CC1. The summed E-state index contributed by atoms with van der Waals surface area (Å²) >= 11 is 0. The fourth-order valence-corrected chi connectivity index (χ4v) is 4.58. The first-order chi connectivity index (χ1) is 9.65. The number of likely N-dealkylation sites (tertiary alicyclic amines) is 1. The zero-order chi connectivity index (χ0) is 14.0. The number of nitrogens with two attached hydrogens (primary N) is 1. The quantitative estimate of drug-likeness (QED) is 0.789. The normalized spacial score (nSPS) is 30.9. The van der Waals surface area contributed by atoms with Gasteiger partial charge in [0.1, 0.15) is 0 Å². The number of hydrogen-bond donors (Lipinski definition) is 1. The summed E-state index contributed by atoms with van der Waals surface area (Å²) in [5, 5.41) is 2.02. The minimum absolute atomic E-state index is 0.669. The summed E-state index contributed by atoms with van der Waals surface area (Å²) in [7, 11) is 0. The van der Waals surface area contributed by atoms with Gasteiger partial charge in [0.15, 0.2) is 0 Å². The molecule has 0 aromatic heterocycles. The monoisotopic (exact) mass is 279 g/mol. The predicted octanol–water partition coefficient (Wildman–Crippen LogP) is 2.86. The van der Waals surface area contributed by atoms with Crippen LogP contribution in [0.3, 0.4) is 0 Å². The minimum Gasteiger partial charge on any atom is -0.303 e. The van der Waals surface area contributed by atoms with Crippen molar-refractivity contribution in [2.24, 2.45) is 23.1 Å². The number of nitrogens with zero attached hydrogens (tertiary/aromatic N) is 2. The van der Waals surface area contributed by atoms with Gasteiger partial charge < -0.3 is 4.90 Å². The van der Waals surface area contributed by atoms with Crippen molar-refractivity contribution >= 4 is 0 Å². The molecule has 0 unspecified atom stereocenters. The van der Waals surface area contributed by atoms with Crippen molar-refractivity contribution in [1.82, 2.24) is 9.91 Å². The first kappa shape index (κ1) is 14.8. The maximum Gasteiger partial charge on any atom is 0.0133 e. The maximum absolute atomic E-state index is 5.91. The molecule has 3 fully saturated rings. The van der Waals surface area contributed by atoms with Crippen LogP contribution in [0.1, 0.15) is 58.3 Å². The van der Waals surface area contributed by atoms with E-state index >= 15 is 0 Å². The molecule has 3 rings (SSSR count). The fraction of sp³-hybridized carbons (Fsp3) is 1.00. The average Bonchev–Trinajstić information content (AvgIpc) is 2.47. The van der Waals surface area contributed by atoms with Gasteiger partial charge in [0.05, 0.1) is 0 Å². The Labute approximate surface area is 124 Å². The van der Waals surface area contributed by atoms with Gasteiger partial charge in [-0.25, -0.2) is 5.01 Å². The van der Waals surface area contributed by atoms with Gasteiger partial charge in [-0.1, -0.05) is 6.92 Å². The molecule has 2 N–H and O–H groups in total. The Morgan fingerprint density at radius 1 is 0.900 bits per heavy atom. The van der Waals surface area contributed by atoms with Crippen LogP contribution >= 0.6 is 0 Å². The summed E-state index contributed by atoms with van der Waals surface area (Å²) in [6.07, 6.45) is 11.4. The van der Waals surface area contributed by atoms with Crippen LogP contribution in [-0.4, -0.2) is 42.6 Å². The topological polar surface area (TPSA) is 32.5 Å². The van der Waals surface area contributed by atoms with E-state index in [0.717, 1.165) is 24.9 Å². The Balaban J connectivity index is 1.42. The smallest absolute Gasteiger partial charge is 0.0133 e. The van der Waals surface area contributed by atoms with Crippen LogP contribution in [0.5, 0.6) is 0 Å². The minimum atomic E-state index is 0.669. The molecule has 3 aliphatic rings. The largest absolute Gasteiger partial charge is 0.303 e. The van der Waals surface area contributed by atoms with Gasteiger partial charge >= 0.3 is 0 Å². The zero-order valence-corrected chi connectivity index (χ0v) is 13.3. The van der Waals surface area contributed by atoms with Gasteiger partial charge in [0.2, 0.25) is 0 Å². The standard InChI is InChI=1S/C17H33N3/c1-15-4-10-19(11-5-15)14-16-2-6-17(7-3-16)8-12-20(18)13-9-17/h15-16H,2-14,18H2,1H3. The lowest BCUT2D eigenvalue weighted by Crippen LogP contribution is -2.46. The number of hydrogen-bond acceptors (Lipinski definition) is 3. The molecule has 2 saturated heterocycles. The highest BCUT2D eigenvalue weighted by Crippen LogP contribution is 2.46. The van der Waals surface area contributed by atoms with Crippen molar-refractivity contribution in [1.29, 1.82) is 0 Å². The van der Waals surface area contributed by atoms with E-state index in [1.165, 1.54) is 71.0 Å². The molecule has 0 aromatic carbocycles. The Bertz CT molecular complexity index is 291. The van der Waals surface area contributed by atoms with Gasteiger partial charge in [0, 0.05) is 19.6 Å². The van der Waals surface area contributed by atoms with Crippen molar-refractivity contribution < 1.29 is 0 Å². The molecule has 0 amide bonds. The van der Waals surface area contributed by atoms with Crippen LogP contribution < -0.4 is 5.84 Å². The highest BCUT2D eigenvalue weighted by Gasteiger charge is 2.37. The summed E-state index contributed by atoms with van der Waals surface area (Å²) in [6, 6.07) is 0. The van der Waals surface area contributed by atoms with E-state index in [4.69, 9.17) is 5.84 Å². The van der Waals surface area contributed by atoms with E-state index in [1.807, 2.05) is 5.01 Å². The van der Waals surface area contributed by atoms with Crippen LogP contribution in [0, 0.1) is 17.3 Å². The highest BCUT2D eigenvalue weighted by atomic mass is 15.4. The third kappa shape index (κ3) is 3.55. The van der Waals surface area contributed by atoms with Gasteiger partial charge in [-0.2, -0.15) is 0 Å². The van der Waals surface area contributed by atoms with Crippen molar-refractivity contribution in [2.75, 3.05) is 32.7 Å². The summed E-state index contributed by atoms with van der Waals surface area (Å²) in [5.41, 5.74) is 0.669. The molecule has 3 nitrogen and oxygen atoms in total. The molecule has 0 atom stereocenters. The van der Waals surface area contributed by atoms with E-state index in [9.17, 15) is 0 Å². The maximum atomic E-state index is 5.91. The van der Waals surface area contributed by atoms with Crippen LogP contribution in [0.15, 0.2) is 0 Å². The van der Waals surface area contributed by atoms with Gasteiger partial charge in [-0.3, -0.25) is 5.84 Å². The molecule has 3 heteroatoms. The van der Waals surface area contributed by atoms with Gasteiger partial charge in [0.25, 0.3) is 0 Å². The van der Waals surface area contributed by atoms with E-state index < -0.39 is 0 Å². The molecule has 1 aliphatic carbocycles. The molecule has 0 bridgehead atoms. The molecule has 116 valence electrons. The fourth-order valence-electron chi connectivity index (χ4n) is 4.58. The highest BCUT2D eigenvalue weighted by molar-refractivity contribution is 4.90. The molecular formula is C17H33N3. The van der Waals surface area contributed by atoms with E-state index in [1.54, 1.807) is 0 Å². The third-order valence-corrected chi connectivity index (χ3v) is 6.42.